The molecule has 122 valence electrons. The lowest BCUT2D eigenvalue weighted by Gasteiger charge is -2.19. The summed E-state index contributed by atoms with van der Waals surface area (Å²) in [5.41, 5.74) is 4.90. The van der Waals surface area contributed by atoms with Crippen molar-refractivity contribution in [2.75, 3.05) is 13.2 Å². The van der Waals surface area contributed by atoms with Crippen LogP contribution < -0.4 is 5.73 Å². The highest BCUT2D eigenvalue weighted by Gasteiger charge is 2.30. The number of phosphoric acid groups is 1. The Labute approximate surface area is 119 Å². The molecule has 3 atom stereocenters. The number of hydrogen-bond donors (Lipinski definition) is 3. The average Bonchev–Trinajstić information content (AvgIpc) is 2.31. The highest BCUT2D eigenvalue weighted by Crippen LogP contribution is 2.44. The van der Waals surface area contributed by atoms with Crippen LogP contribution in [-0.4, -0.2) is 53.5 Å². The molecule has 0 fully saturated rings. The summed E-state index contributed by atoms with van der Waals surface area (Å²) in [6.45, 7) is 1.08. The van der Waals surface area contributed by atoms with E-state index in [4.69, 9.17) is 10.8 Å². The van der Waals surface area contributed by atoms with Gasteiger partial charge in [0.25, 0.3) is 0 Å². The van der Waals surface area contributed by atoms with Gasteiger partial charge in [0.15, 0.2) is 6.10 Å². The van der Waals surface area contributed by atoms with Crippen LogP contribution in [0.3, 0.4) is 0 Å². The quantitative estimate of drug-likeness (QED) is 0.268. The van der Waals surface area contributed by atoms with Crippen molar-refractivity contribution in [3.63, 3.8) is 0 Å². The molecule has 0 saturated carbocycles. The number of rotatable bonds is 9. The third kappa shape index (κ3) is 9.93. The number of esters is 2. The van der Waals surface area contributed by atoms with Gasteiger partial charge in [-0.2, -0.15) is 0 Å². The van der Waals surface area contributed by atoms with Crippen LogP contribution in [-0.2, 0) is 37.5 Å². The van der Waals surface area contributed by atoms with Gasteiger partial charge in [-0.25, -0.2) is 9.36 Å². The molecule has 0 aromatic rings. The summed E-state index contributed by atoms with van der Waals surface area (Å²) < 4.78 is 29.1. The van der Waals surface area contributed by atoms with Crippen molar-refractivity contribution in [2.45, 2.75) is 26.2 Å². The minimum Gasteiger partial charge on any atom is -0.478 e. The SMILES string of the molecule is CC(=O)OC[C@H](COP(=O)(O)O[C@H](N)C(=O)O)OC(C)=O. The smallest absolute Gasteiger partial charge is 0.474 e. The van der Waals surface area contributed by atoms with Gasteiger partial charge in [0.05, 0.1) is 6.61 Å². The molecule has 0 aromatic carbocycles. The summed E-state index contributed by atoms with van der Waals surface area (Å²) in [5.74, 6) is -3.08. The molecule has 12 heteroatoms. The molecule has 21 heavy (non-hydrogen) atoms. The molecule has 1 unspecified atom stereocenters. The number of nitrogens with two attached hydrogens (primary N) is 1. The number of carbonyl (C=O) groups excluding carboxylic acids is 2. The van der Waals surface area contributed by atoms with E-state index in [2.05, 4.69) is 18.5 Å². The Kier molecular flexibility index (Phi) is 8.07. The minimum absolute atomic E-state index is 0.417. The predicted octanol–water partition coefficient (Wildman–Crippen LogP) is -1.02. The van der Waals surface area contributed by atoms with E-state index < -0.39 is 51.3 Å². The summed E-state index contributed by atoms with van der Waals surface area (Å²) >= 11 is 0. The molecule has 0 saturated heterocycles. The predicted molar refractivity (Wildman–Crippen MR) is 64.7 cm³/mol. The van der Waals surface area contributed by atoms with Crippen molar-refractivity contribution in [2.24, 2.45) is 5.73 Å². The molecule has 0 aromatic heterocycles. The second-order valence-corrected chi connectivity index (χ2v) is 5.07. The van der Waals surface area contributed by atoms with Gasteiger partial charge in [0.2, 0.25) is 6.23 Å². The molecule has 0 aliphatic carbocycles. The first-order valence-electron chi connectivity index (χ1n) is 5.48. The normalized spacial score (nSPS) is 16.4. The van der Waals surface area contributed by atoms with E-state index in [1.165, 1.54) is 0 Å². The zero-order chi connectivity index (χ0) is 16.6. The van der Waals surface area contributed by atoms with Crippen LogP contribution in [0.5, 0.6) is 0 Å². The van der Waals surface area contributed by atoms with Gasteiger partial charge in [-0.15, -0.1) is 0 Å². The fourth-order valence-corrected chi connectivity index (χ4v) is 1.75. The van der Waals surface area contributed by atoms with Crippen LogP contribution >= 0.6 is 7.82 Å². The molecule has 0 heterocycles. The molecule has 0 bridgehead atoms. The molecule has 0 rings (SSSR count). The first-order valence-corrected chi connectivity index (χ1v) is 6.97. The Morgan fingerprint density at radius 3 is 2.19 bits per heavy atom. The van der Waals surface area contributed by atoms with Crippen molar-refractivity contribution in [1.29, 1.82) is 0 Å². The molecule has 4 N–H and O–H groups in total. The Morgan fingerprint density at radius 2 is 1.76 bits per heavy atom. The summed E-state index contributed by atoms with van der Waals surface area (Å²) in [6, 6.07) is 0. The van der Waals surface area contributed by atoms with E-state index in [1.807, 2.05) is 0 Å². The monoisotopic (exact) mass is 329 g/mol. The number of phosphoric ester groups is 1. The van der Waals surface area contributed by atoms with Gasteiger partial charge in [0, 0.05) is 13.8 Å². The highest BCUT2D eigenvalue weighted by molar-refractivity contribution is 7.47. The fraction of sp³-hybridized carbons (Fsp3) is 0.667. The lowest BCUT2D eigenvalue weighted by atomic mass is 10.4. The topological polar surface area (TPSA) is 172 Å². The maximum absolute atomic E-state index is 11.4. The lowest BCUT2D eigenvalue weighted by molar-refractivity contribution is -0.158. The average molecular weight is 329 g/mol. The van der Waals surface area contributed by atoms with Crippen LogP contribution in [0.25, 0.3) is 0 Å². The number of hydrogen-bond acceptors (Lipinski definition) is 9. The van der Waals surface area contributed by atoms with Crippen molar-refractivity contribution >= 4 is 25.7 Å². The van der Waals surface area contributed by atoms with Gasteiger partial charge in [-0.05, 0) is 0 Å². The number of carboxylic acids is 1. The van der Waals surface area contributed by atoms with E-state index in [9.17, 15) is 23.8 Å². The van der Waals surface area contributed by atoms with Gasteiger partial charge >= 0.3 is 25.7 Å². The zero-order valence-corrected chi connectivity index (χ0v) is 12.1. The summed E-state index contributed by atoms with van der Waals surface area (Å²) in [4.78, 5) is 41.0. The van der Waals surface area contributed by atoms with E-state index >= 15 is 0 Å². The number of carbonyl (C=O) groups is 3. The van der Waals surface area contributed by atoms with Crippen molar-refractivity contribution < 1.29 is 47.5 Å². The van der Waals surface area contributed by atoms with Gasteiger partial charge in [-0.3, -0.25) is 24.4 Å². The zero-order valence-electron chi connectivity index (χ0n) is 11.3. The molecular weight excluding hydrogens is 313 g/mol. The van der Waals surface area contributed by atoms with Crippen molar-refractivity contribution in [3.8, 4) is 0 Å². The summed E-state index contributed by atoms with van der Waals surface area (Å²) in [6.07, 6.45) is -3.24. The van der Waals surface area contributed by atoms with Crippen LogP contribution in [0.15, 0.2) is 0 Å². The summed E-state index contributed by atoms with van der Waals surface area (Å²) in [7, 11) is -4.78. The maximum atomic E-state index is 11.4. The third-order valence-corrected chi connectivity index (χ3v) is 2.69. The van der Waals surface area contributed by atoms with Gasteiger partial charge < -0.3 is 19.5 Å². The standard InChI is InChI=1S/C9H16NO10P/c1-5(11)17-3-7(19-6(2)12)4-18-21(15,16)20-8(10)9(13)14/h7-8H,3-4,10H2,1-2H3,(H,13,14)(H,15,16)/t7-,8+/m1/s1. The Bertz CT molecular complexity index is 438. The first kappa shape index (κ1) is 19.5. The molecule has 0 amide bonds. The maximum Gasteiger partial charge on any atom is 0.474 e. The number of ether oxygens (including phenoxy) is 2. The van der Waals surface area contributed by atoms with Crippen LogP contribution in [0.4, 0.5) is 0 Å². The van der Waals surface area contributed by atoms with E-state index in [1.54, 1.807) is 0 Å². The molecule has 0 radical (unpaired) electrons. The van der Waals surface area contributed by atoms with Crippen LogP contribution in [0.2, 0.25) is 0 Å². The molecule has 0 aliphatic rings. The third-order valence-electron chi connectivity index (χ3n) is 1.72. The second-order valence-electron chi connectivity index (χ2n) is 3.66. The number of aliphatic carboxylic acids is 1. The van der Waals surface area contributed by atoms with Crippen molar-refractivity contribution in [1.82, 2.24) is 0 Å². The number of carboxylic acid groups (broad SMARTS) is 1. The summed E-state index contributed by atoms with van der Waals surface area (Å²) in [5, 5.41) is 8.42. The molecule has 0 aliphatic heterocycles. The van der Waals surface area contributed by atoms with Crippen LogP contribution in [0.1, 0.15) is 13.8 Å². The second kappa shape index (κ2) is 8.70. The molecule has 11 nitrogen and oxygen atoms in total. The largest absolute Gasteiger partial charge is 0.478 e. The van der Waals surface area contributed by atoms with Crippen LogP contribution in [0, 0.1) is 0 Å². The van der Waals surface area contributed by atoms with E-state index in [0.717, 1.165) is 13.8 Å². The molecular formula is C9H16NO10P. The Hall–Kier alpha value is -1.52. The van der Waals surface area contributed by atoms with E-state index in [0.29, 0.717) is 0 Å². The molecule has 0 spiro atoms. The Morgan fingerprint density at radius 1 is 1.19 bits per heavy atom. The van der Waals surface area contributed by atoms with Crippen molar-refractivity contribution in [3.05, 3.63) is 0 Å². The minimum atomic E-state index is -4.78. The highest BCUT2D eigenvalue weighted by atomic mass is 31.2. The first-order chi connectivity index (χ1) is 9.53. The lowest BCUT2D eigenvalue weighted by Crippen LogP contribution is -2.33. The Balaban J connectivity index is 4.49. The van der Waals surface area contributed by atoms with Gasteiger partial charge in [-0.1, -0.05) is 0 Å². The van der Waals surface area contributed by atoms with Gasteiger partial charge in [0.1, 0.15) is 6.61 Å². The van der Waals surface area contributed by atoms with E-state index in [-0.39, 0.29) is 0 Å². The fourth-order valence-electron chi connectivity index (χ4n) is 0.958.